The topological polar surface area (TPSA) is 17.1 Å². The zero-order chi connectivity index (χ0) is 13.2. The molecule has 1 fully saturated rings. The number of carbonyl (C=O) groups is 1. The lowest BCUT2D eigenvalue weighted by atomic mass is 9.89. The second kappa shape index (κ2) is 9.58. The van der Waals surface area contributed by atoms with Crippen molar-refractivity contribution in [2.75, 3.05) is 0 Å². The van der Waals surface area contributed by atoms with Gasteiger partial charge in [-0.2, -0.15) is 0 Å². The molecule has 0 spiro atoms. The highest BCUT2D eigenvalue weighted by molar-refractivity contribution is 5.85. The third-order valence-corrected chi connectivity index (χ3v) is 4.19. The molecule has 0 amide bonds. The van der Waals surface area contributed by atoms with E-state index in [0.29, 0.717) is 17.6 Å². The van der Waals surface area contributed by atoms with Gasteiger partial charge in [-0.25, -0.2) is 0 Å². The van der Waals surface area contributed by atoms with Gasteiger partial charge in [0.25, 0.3) is 0 Å². The van der Waals surface area contributed by atoms with Gasteiger partial charge in [0, 0.05) is 11.8 Å². The molecular formula is C17H32O. The van der Waals surface area contributed by atoms with Crippen molar-refractivity contribution >= 4 is 5.78 Å². The SMILES string of the molecule is CCCCCCC(CCCCCC)C(=O)C1CC1. The molecule has 0 aliphatic heterocycles. The Labute approximate surface area is 114 Å². The molecule has 0 unspecified atom stereocenters. The van der Waals surface area contributed by atoms with Crippen LogP contribution in [0.2, 0.25) is 0 Å². The number of hydrogen-bond donors (Lipinski definition) is 0. The average molecular weight is 252 g/mol. The van der Waals surface area contributed by atoms with E-state index in [-0.39, 0.29) is 0 Å². The minimum Gasteiger partial charge on any atom is -0.299 e. The summed E-state index contributed by atoms with van der Waals surface area (Å²) in [7, 11) is 0. The lowest BCUT2D eigenvalue weighted by Gasteiger charge is -2.15. The van der Waals surface area contributed by atoms with Crippen molar-refractivity contribution in [2.45, 2.75) is 90.9 Å². The van der Waals surface area contributed by atoms with Gasteiger partial charge in [-0.1, -0.05) is 65.2 Å². The summed E-state index contributed by atoms with van der Waals surface area (Å²) < 4.78 is 0. The summed E-state index contributed by atoms with van der Waals surface area (Å²) in [6.07, 6.45) is 15.1. The average Bonchev–Trinajstić information content (AvgIpc) is 3.20. The number of carbonyl (C=O) groups excluding carboxylic acids is 1. The Bertz CT molecular complexity index is 206. The van der Waals surface area contributed by atoms with E-state index in [0.717, 1.165) is 0 Å². The second-order valence-corrected chi connectivity index (χ2v) is 6.07. The van der Waals surface area contributed by atoms with Crippen LogP contribution in [-0.4, -0.2) is 5.78 Å². The summed E-state index contributed by atoms with van der Waals surface area (Å²) in [5, 5.41) is 0. The van der Waals surface area contributed by atoms with E-state index < -0.39 is 0 Å². The summed E-state index contributed by atoms with van der Waals surface area (Å²) in [5.74, 6) is 1.49. The van der Waals surface area contributed by atoms with Gasteiger partial charge in [-0.3, -0.25) is 4.79 Å². The van der Waals surface area contributed by atoms with E-state index in [9.17, 15) is 4.79 Å². The minimum absolute atomic E-state index is 0.409. The molecule has 0 N–H and O–H groups in total. The largest absolute Gasteiger partial charge is 0.299 e. The van der Waals surface area contributed by atoms with Crippen molar-refractivity contribution in [3.8, 4) is 0 Å². The van der Waals surface area contributed by atoms with E-state index in [2.05, 4.69) is 13.8 Å². The molecule has 0 saturated heterocycles. The van der Waals surface area contributed by atoms with Crippen LogP contribution in [0, 0.1) is 11.8 Å². The zero-order valence-corrected chi connectivity index (χ0v) is 12.5. The molecule has 0 aromatic carbocycles. The van der Waals surface area contributed by atoms with E-state index in [1.54, 1.807) is 0 Å². The molecule has 0 radical (unpaired) electrons. The third kappa shape index (κ3) is 6.56. The van der Waals surface area contributed by atoms with E-state index in [1.165, 1.54) is 77.0 Å². The normalized spacial score (nSPS) is 15.3. The van der Waals surface area contributed by atoms with Crippen LogP contribution in [0.1, 0.15) is 90.9 Å². The number of rotatable bonds is 12. The smallest absolute Gasteiger partial charge is 0.139 e. The fourth-order valence-corrected chi connectivity index (χ4v) is 2.77. The van der Waals surface area contributed by atoms with Gasteiger partial charge in [0.1, 0.15) is 5.78 Å². The van der Waals surface area contributed by atoms with Crippen LogP contribution >= 0.6 is 0 Å². The third-order valence-electron chi connectivity index (χ3n) is 4.19. The van der Waals surface area contributed by atoms with E-state index in [4.69, 9.17) is 0 Å². The fourth-order valence-electron chi connectivity index (χ4n) is 2.77. The first kappa shape index (κ1) is 15.7. The molecule has 1 saturated carbocycles. The maximum atomic E-state index is 12.2. The van der Waals surface area contributed by atoms with Crippen LogP contribution in [0.5, 0.6) is 0 Å². The highest BCUT2D eigenvalue weighted by Crippen LogP contribution is 2.35. The molecule has 0 atom stereocenters. The van der Waals surface area contributed by atoms with Crippen LogP contribution in [-0.2, 0) is 4.79 Å². The monoisotopic (exact) mass is 252 g/mol. The summed E-state index contributed by atoms with van der Waals surface area (Å²) in [6.45, 7) is 4.50. The van der Waals surface area contributed by atoms with Gasteiger partial charge < -0.3 is 0 Å². The molecule has 0 heterocycles. The Hall–Kier alpha value is -0.330. The summed E-state index contributed by atoms with van der Waals surface area (Å²) >= 11 is 0. The number of unbranched alkanes of at least 4 members (excludes halogenated alkanes) is 6. The van der Waals surface area contributed by atoms with Crippen molar-refractivity contribution in [2.24, 2.45) is 11.8 Å². The van der Waals surface area contributed by atoms with Crippen LogP contribution in [0.3, 0.4) is 0 Å². The minimum atomic E-state index is 0.409. The van der Waals surface area contributed by atoms with Crippen molar-refractivity contribution in [1.82, 2.24) is 0 Å². The molecule has 106 valence electrons. The molecule has 0 aromatic heterocycles. The van der Waals surface area contributed by atoms with Crippen LogP contribution in [0.4, 0.5) is 0 Å². The standard InChI is InChI=1S/C17H32O/c1-3-5-7-9-11-15(12-10-8-6-4-2)17(18)16-13-14-16/h15-16H,3-14H2,1-2H3. The van der Waals surface area contributed by atoms with Gasteiger partial charge in [0.2, 0.25) is 0 Å². The molecular weight excluding hydrogens is 220 g/mol. The zero-order valence-electron chi connectivity index (χ0n) is 12.5. The van der Waals surface area contributed by atoms with Crippen LogP contribution in [0.15, 0.2) is 0 Å². The van der Waals surface area contributed by atoms with E-state index >= 15 is 0 Å². The molecule has 1 aliphatic carbocycles. The first-order valence-corrected chi connectivity index (χ1v) is 8.33. The molecule has 0 bridgehead atoms. The Morgan fingerprint density at radius 2 is 1.39 bits per heavy atom. The molecule has 18 heavy (non-hydrogen) atoms. The lowest BCUT2D eigenvalue weighted by molar-refractivity contribution is -0.124. The number of hydrogen-bond acceptors (Lipinski definition) is 1. The Balaban J connectivity index is 2.20. The van der Waals surface area contributed by atoms with E-state index in [1.807, 2.05) is 0 Å². The van der Waals surface area contributed by atoms with Gasteiger partial charge >= 0.3 is 0 Å². The summed E-state index contributed by atoms with van der Waals surface area (Å²) in [4.78, 5) is 12.2. The Morgan fingerprint density at radius 1 is 0.889 bits per heavy atom. The summed E-state index contributed by atoms with van der Waals surface area (Å²) in [5.41, 5.74) is 0. The highest BCUT2D eigenvalue weighted by atomic mass is 16.1. The molecule has 1 nitrogen and oxygen atoms in total. The summed E-state index contributed by atoms with van der Waals surface area (Å²) in [6, 6.07) is 0. The first-order chi connectivity index (χ1) is 8.79. The molecule has 1 rings (SSSR count). The van der Waals surface area contributed by atoms with Crippen LogP contribution < -0.4 is 0 Å². The quantitative estimate of drug-likeness (QED) is 0.418. The predicted molar refractivity (Wildman–Crippen MR) is 78.7 cm³/mol. The maximum absolute atomic E-state index is 12.2. The number of ketones is 1. The fraction of sp³-hybridized carbons (Fsp3) is 0.941. The molecule has 1 aliphatic rings. The Morgan fingerprint density at radius 3 is 1.78 bits per heavy atom. The van der Waals surface area contributed by atoms with Crippen LogP contribution in [0.25, 0.3) is 0 Å². The van der Waals surface area contributed by atoms with Gasteiger partial charge in [0.15, 0.2) is 0 Å². The van der Waals surface area contributed by atoms with Gasteiger partial charge in [0.05, 0.1) is 0 Å². The molecule has 0 aromatic rings. The second-order valence-electron chi connectivity index (χ2n) is 6.07. The lowest BCUT2D eigenvalue weighted by Crippen LogP contribution is -2.16. The number of Topliss-reactive ketones (excluding diaryl/α,β-unsaturated/α-hetero) is 1. The molecule has 1 heteroatoms. The van der Waals surface area contributed by atoms with Crippen molar-refractivity contribution in [3.63, 3.8) is 0 Å². The highest BCUT2D eigenvalue weighted by Gasteiger charge is 2.33. The first-order valence-electron chi connectivity index (χ1n) is 8.33. The Kier molecular flexibility index (Phi) is 8.37. The van der Waals surface area contributed by atoms with Crippen molar-refractivity contribution < 1.29 is 4.79 Å². The van der Waals surface area contributed by atoms with Gasteiger partial charge in [-0.15, -0.1) is 0 Å². The van der Waals surface area contributed by atoms with Crippen molar-refractivity contribution in [1.29, 1.82) is 0 Å². The predicted octanol–water partition coefficient (Wildman–Crippen LogP) is 5.52. The van der Waals surface area contributed by atoms with Gasteiger partial charge in [-0.05, 0) is 25.7 Å². The maximum Gasteiger partial charge on any atom is 0.139 e. The van der Waals surface area contributed by atoms with Crippen molar-refractivity contribution in [3.05, 3.63) is 0 Å².